The molecule has 1 aromatic heterocycles. The van der Waals surface area contributed by atoms with Crippen molar-refractivity contribution in [1.82, 2.24) is 14.6 Å². The molecular formula is C28H37N3O5S. The minimum atomic E-state index is -3.83. The van der Waals surface area contributed by atoms with Crippen molar-refractivity contribution in [3.05, 3.63) is 35.0 Å². The topological polar surface area (TPSA) is 117 Å². The highest BCUT2D eigenvalue weighted by Crippen LogP contribution is 2.33. The molecule has 1 aromatic carbocycles. The molecule has 0 radical (unpaired) electrons. The summed E-state index contributed by atoms with van der Waals surface area (Å²) >= 11 is 0. The van der Waals surface area contributed by atoms with Crippen LogP contribution in [-0.4, -0.2) is 53.8 Å². The number of aromatic carboxylic acids is 1. The van der Waals surface area contributed by atoms with Gasteiger partial charge in [-0.15, -0.1) is 0 Å². The van der Waals surface area contributed by atoms with E-state index in [1.54, 1.807) is 6.07 Å². The molecule has 9 heteroatoms. The third-order valence-corrected chi connectivity index (χ3v) is 10.8. The second-order valence-electron chi connectivity index (χ2n) is 11.2. The average Bonchev–Trinajstić information content (AvgIpc) is 2.89. The predicted octanol–water partition coefficient (Wildman–Crippen LogP) is 4.15. The zero-order valence-corrected chi connectivity index (χ0v) is 22.5. The molecule has 0 bridgehead atoms. The molecule has 1 amide bonds. The molecule has 1 saturated carbocycles. The summed E-state index contributed by atoms with van der Waals surface area (Å²) in [4.78, 5) is 29.9. The van der Waals surface area contributed by atoms with Crippen molar-refractivity contribution in [1.29, 1.82) is 0 Å². The Morgan fingerprint density at radius 2 is 1.76 bits per heavy atom. The predicted molar refractivity (Wildman–Crippen MR) is 141 cm³/mol. The fraction of sp³-hybridized carbons (Fsp3) is 0.607. The number of piperidine rings is 1. The molecule has 2 aliphatic carbocycles. The highest BCUT2D eigenvalue weighted by molar-refractivity contribution is 7.89. The SMILES string of the molecule is C[C@H]1[C@H](C)CCC[C@@H]1NC(=O)C1CCN(S(=O)(=O)c2ccc3nc4c(c(C(=O)O)c3c2)CCCC4)CC1. The fourth-order valence-electron chi connectivity index (χ4n) is 6.40. The zero-order valence-electron chi connectivity index (χ0n) is 21.7. The first-order chi connectivity index (χ1) is 17.7. The summed E-state index contributed by atoms with van der Waals surface area (Å²) in [5.74, 6) is -0.164. The number of aryl methyl sites for hydroxylation is 1. The number of carbonyl (C=O) groups excluding carboxylic acids is 1. The zero-order chi connectivity index (χ0) is 26.3. The number of fused-ring (bicyclic) bond motifs is 2. The summed E-state index contributed by atoms with van der Waals surface area (Å²) < 4.78 is 28.5. The number of carboxylic acid groups (broad SMARTS) is 1. The Morgan fingerprint density at radius 1 is 1.03 bits per heavy atom. The summed E-state index contributed by atoms with van der Waals surface area (Å²) in [6.07, 6.45) is 7.55. The monoisotopic (exact) mass is 527 g/mol. The molecule has 8 nitrogen and oxygen atoms in total. The molecule has 5 rings (SSSR count). The summed E-state index contributed by atoms with van der Waals surface area (Å²) in [6, 6.07) is 4.81. The normalized spacial score (nSPS) is 25.5. The number of carboxylic acids is 1. The summed E-state index contributed by atoms with van der Waals surface area (Å²) in [7, 11) is -3.83. The van der Waals surface area contributed by atoms with Gasteiger partial charge in [0, 0.05) is 36.1 Å². The van der Waals surface area contributed by atoms with Crippen molar-refractivity contribution < 1.29 is 23.1 Å². The van der Waals surface area contributed by atoms with Gasteiger partial charge in [0.2, 0.25) is 15.9 Å². The number of pyridine rings is 1. The second kappa shape index (κ2) is 10.3. The molecule has 0 unspecified atom stereocenters. The average molecular weight is 528 g/mol. The van der Waals surface area contributed by atoms with Crippen LogP contribution in [0.5, 0.6) is 0 Å². The van der Waals surface area contributed by atoms with Crippen molar-refractivity contribution in [3.63, 3.8) is 0 Å². The lowest BCUT2D eigenvalue weighted by molar-refractivity contribution is -0.127. The van der Waals surface area contributed by atoms with Gasteiger partial charge >= 0.3 is 5.97 Å². The van der Waals surface area contributed by atoms with Crippen LogP contribution in [0, 0.1) is 17.8 Å². The maximum absolute atomic E-state index is 13.5. The van der Waals surface area contributed by atoms with Gasteiger partial charge in [0.15, 0.2) is 0 Å². The van der Waals surface area contributed by atoms with E-state index in [9.17, 15) is 23.1 Å². The Kier molecular flexibility index (Phi) is 7.29. The smallest absolute Gasteiger partial charge is 0.336 e. The number of amides is 1. The molecular weight excluding hydrogens is 490 g/mol. The molecule has 2 N–H and O–H groups in total. The Balaban J connectivity index is 1.32. The summed E-state index contributed by atoms with van der Waals surface area (Å²) in [5, 5.41) is 13.6. The van der Waals surface area contributed by atoms with E-state index in [-0.39, 0.29) is 41.4 Å². The number of benzene rings is 1. The fourth-order valence-corrected chi connectivity index (χ4v) is 7.90. The van der Waals surface area contributed by atoms with Gasteiger partial charge in [0.1, 0.15) is 0 Å². The lowest BCUT2D eigenvalue weighted by Gasteiger charge is -2.36. The van der Waals surface area contributed by atoms with Gasteiger partial charge in [-0.3, -0.25) is 9.78 Å². The molecule has 37 heavy (non-hydrogen) atoms. The molecule has 1 saturated heterocycles. The number of hydrogen-bond donors (Lipinski definition) is 2. The van der Waals surface area contributed by atoms with E-state index >= 15 is 0 Å². The third-order valence-electron chi connectivity index (χ3n) is 8.94. The van der Waals surface area contributed by atoms with Gasteiger partial charge in [-0.2, -0.15) is 4.31 Å². The second-order valence-corrected chi connectivity index (χ2v) is 13.1. The number of sulfonamides is 1. The minimum absolute atomic E-state index is 0.0376. The number of aromatic nitrogens is 1. The largest absolute Gasteiger partial charge is 0.478 e. The van der Waals surface area contributed by atoms with E-state index in [1.165, 1.54) is 22.9 Å². The van der Waals surface area contributed by atoms with Crippen LogP contribution in [0.25, 0.3) is 10.9 Å². The standard InChI is InChI=1S/C28H37N3O5S/c1-17-6-5-9-23(18(17)2)30-27(32)19-12-14-31(15-13-19)37(35,36)20-10-11-25-22(16-20)26(28(33)34)21-7-3-4-8-24(21)29-25/h10-11,16-19,23H,3-9,12-15H2,1-2H3,(H,30,32)(H,33,34)/t17-,18+,23+/m1/s1. The van der Waals surface area contributed by atoms with Crippen LogP contribution >= 0.6 is 0 Å². The van der Waals surface area contributed by atoms with Crippen LogP contribution in [0.4, 0.5) is 0 Å². The van der Waals surface area contributed by atoms with Crippen LogP contribution in [0.2, 0.25) is 0 Å². The van der Waals surface area contributed by atoms with Crippen molar-refractivity contribution >= 4 is 32.8 Å². The van der Waals surface area contributed by atoms with Crippen molar-refractivity contribution in [2.24, 2.45) is 17.8 Å². The minimum Gasteiger partial charge on any atom is -0.478 e. The first-order valence-corrected chi connectivity index (χ1v) is 15.1. The number of rotatable bonds is 5. The lowest BCUT2D eigenvalue weighted by Crippen LogP contribution is -2.48. The highest BCUT2D eigenvalue weighted by atomic mass is 32.2. The summed E-state index contributed by atoms with van der Waals surface area (Å²) in [6.45, 7) is 4.98. The number of hydrogen-bond acceptors (Lipinski definition) is 5. The van der Waals surface area contributed by atoms with Crippen LogP contribution in [0.15, 0.2) is 23.1 Å². The molecule has 3 atom stereocenters. The van der Waals surface area contributed by atoms with E-state index in [0.29, 0.717) is 42.0 Å². The third kappa shape index (κ3) is 5.00. The Hall–Kier alpha value is -2.52. The van der Waals surface area contributed by atoms with Gasteiger partial charge in [0.05, 0.1) is 16.0 Å². The van der Waals surface area contributed by atoms with Crippen LogP contribution in [0.3, 0.4) is 0 Å². The van der Waals surface area contributed by atoms with Crippen molar-refractivity contribution in [3.8, 4) is 0 Å². The van der Waals surface area contributed by atoms with Crippen LogP contribution < -0.4 is 5.32 Å². The Bertz CT molecular complexity index is 1320. The quantitative estimate of drug-likeness (QED) is 0.603. The van der Waals surface area contributed by atoms with E-state index in [4.69, 9.17) is 0 Å². The molecule has 2 heterocycles. The Morgan fingerprint density at radius 3 is 2.49 bits per heavy atom. The van der Waals surface area contributed by atoms with E-state index < -0.39 is 16.0 Å². The molecule has 0 spiro atoms. The number of carbonyl (C=O) groups is 2. The maximum Gasteiger partial charge on any atom is 0.336 e. The van der Waals surface area contributed by atoms with Gasteiger partial charge in [0.25, 0.3) is 0 Å². The van der Waals surface area contributed by atoms with Gasteiger partial charge < -0.3 is 10.4 Å². The molecule has 2 fully saturated rings. The van der Waals surface area contributed by atoms with Gasteiger partial charge in [-0.1, -0.05) is 26.7 Å². The molecule has 1 aliphatic heterocycles. The van der Waals surface area contributed by atoms with E-state index in [1.807, 2.05) is 0 Å². The molecule has 3 aliphatic rings. The first kappa shape index (κ1) is 26.1. The van der Waals surface area contributed by atoms with Crippen molar-refractivity contribution in [2.75, 3.05) is 13.1 Å². The molecule has 2 aromatic rings. The summed E-state index contributed by atoms with van der Waals surface area (Å²) in [5.41, 5.74) is 2.23. The molecule has 200 valence electrons. The van der Waals surface area contributed by atoms with Gasteiger partial charge in [-0.05, 0) is 80.5 Å². The Labute approximate surface area is 218 Å². The van der Waals surface area contributed by atoms with Crippen LogP contribution in [0.1, 0.15) is 80.4 Å². The number of nitrogens with one attached hydrogen (secondary N) is 1. The maximum atomic E-state index is 13.5. The van der Waals surface area contributed by atoms with E-state index in [0.717, 1.165) is 43.4 Å². The first-order valence-electron chi connectivity index (χ1n) is 13.7. The highest BCUT2D eigenvalue weighted by Gasteiger charge is 2.35. The van der Waals surface area contributed by atoms with Crippen molar-refractivity contribution in [2.45, 2.75) is 82.6 Å². The van der Waals surface area contributed by atoms with E-state index in [2.05, 4.69) is 24.1 Å². The van der Waals surface area contributed by atoms with Crippen LogP contribution in [-0.2, 0) is 27.7 Å². The lowest BCUT2D eigenvalue weighted by atomic mass is 9.78. The van der Waals surface area contributed by atoms with Gasteiger partial charge in [-0.25, -0.2) is 13.2 Å². The number of nitrogens with zero attached hydrogens (tertiary/aromatic N) is 2.